The summed E-state index contributed by atoms with van der Waals surface area (Å²) in [5.41, 5.74) is 0.717. The van der Waals surface area contributed by atoms with Crippen LogP contribution in [0.5, 0.6) is 0 Å². The maximum absolute atomic E-state index is 11.1. The van der Waals surface area contributed by atoms with Gasteiger partial charge in [0.25, 0.3) is 5.91 Å². The van der Waals surface area contributed by atoms with E-state index < -0.39 is 0 Å². The normalized spacial score (nSPS) is 7.15. The number of amides is 1. The lowest BCUT2D eigenvalue weighted by molar-refractivity contribution is 0.0956. The van der Waals surface area contributed by atoms with Crippen LogP contribution in [0, 0.1) is 0 Å². The largest absolute Gasteiger partial charge is 0.352 e. The second-order valence-corrected chi connectivity index (χ2v) is 3.64. The number of hydrogen-bond donors (Lipinski definition) is 1. The number of nitrogens with one attached hydrogen (secondary N) is 1. The van der Waals surface area contributed by atoms with Gasteiger partial charge in [-0.1, -0.05) is 80.0 Å². The average Bonchev–Trinajstić information content (AvgIpc) is 2.44. The van der Waals surface area contributed by atoms with Gasteiger partial charge in [0.1, 0.15) is 0 Å². The standard InChI is InChI=1S/C9H11NO.2C3H8.C2H6.CH4/c1-2-10-9(11)8-6-4-3-5-7-8;2*1-3-2;1-2;/h3-7H,2H2,1H3,(H,10,11);2*3H2,1-2H3;1-2H3;1H4. The van der Waals surface area contributed by atoms with Crippen LogP contribution >= 0.6 is 0 Å². The molecule has 0 unspecified atom stereocenters. The molecule has 0 aliphatic rings. The Morgan fingerprint density at radius 3 is 1.55 bits per heavy atom. The monoisotopic (exact) mass is 283 g/mol. The van der Waals surface area contributed by atoms with Crippen LogP contribution in [0.15, 0.2) is 30.3 Å². The van der Waals surface area contributed by atoms with Gasteiger partial charge in [-0.2, -0.15) is 0 Å². The van der Waals surface area contributed by atoms with E-state index in [0.29, 0.717) is 12.1 Å². The van der Waals surface area contributed by atoms with Crippen LogP contribution in [0.1, 0.15) is 79.1 Å². The van der Waals surface area contributed by atoms with Crippen molar-refractivity contribution in [1.29, 1.82) is 0 Å². The molecule has 0 atom stereocenters. The zero-order chi connectivity index (χ0) is 15.5. The minimum absolute atomic E-state index is 0. The lowest BCUT2D eigenvalue weighted by Gasteiger charge is -1.99. The van der Waals surface area contributed by atoms with Gasteiger partial charge in [-0.05, 0) is 19.1 Å². The summed E-state index contributed by atoms with van der Waals surface area (Å²) in [6.45, 7) is 15.1. The molecule has 0 aromatic heterocycles. The van der Waals surface area contributed by atoms with E-state index in [-0.39, 0.29) is 13.3 Å². The quantitative estimate of drug-likeness (QED) is 0.716. The molecule has 0 heterocycles. The topological polar surface area (TPSA) is 29.1 Å². The zero-order valence-electron chi connectivity index (χ0n) is 13.9. The third-order valence-corrected chi connectivity index (χ3v) is 1.37. The van der Waals surface area contributed by atoms with Crippen LogP contribution in [-0.4, -0.2) is 12.5 Å². The summed E-state index contributed by atoms with van der Waals surface area (Å²) in [5, 5.41) is 2.72. The van der Waals surface area contributed by atoms with E-state index in [2.05, 4.69) is 33.0 Å². The SMILES string of the molecule is C.CC.CCC.CCC.CCNC(=O)c1ccccc1. The van der Waals surface area contributed by atoms with Crippen LogP contribution in [-0.2, 0) is 0 Å². The summed E-state index contributed by atoms with van der Waals surface area (Å²) in [6.07, 6.45) is 2.50. The molecule has 1 aromatic rings. The van der Waals surface area contributed by atoms with E-state index >= 15 is 0 Å². The first-order valence-electron chi connectivity index (χ1n) is 7.50. The van der Waals surface area contributed by atoms with Gasteiger partial charge in [0.2, 0.25) is 0 Å². The number of rotatable bonds is 2. The Kier molecular flexibility index (Phi) is 35.6. The highest BCUT2D eigenvalue weighted by Crippen LogP contribution is 1.96. The highest BCUT2D eigenvalue weighted by molar-refractivity contribution is 5.93. The number of hydrogen-bond acceptors (Lipinski definition) is 1. The Labute approximate surface area is 128 Å². The Morgan fingerprint density at radius 1 is 0.900 bits per heavy atom. The second kappa shape index (κ2) is 26.3. The summed E-state index contributed by atoms with van der Waals surface area (Å²) < 4.78 is 0. The molecule has 1 amide bonds. The molecule has 0 saturated carbocycles. The first-order valence-corrected chi connectivity index (χ1v) is 7.50. The van der Waals surface area contributed by atoms with Crippen LogP contribution in [0.2, 0.25) is 0 Å². The van der Waals surface area contributed by atoms with Gasteiger partial charge in [-0.15, -0.1) is 0 Å². The molecule has 0 aliphatic carbocycles. The van der Waals surface area contributed by atoms with Gasteiger partial charge in [-0.3, -0.25) is 4.79 Å². The van der Waals surface area contributed by atoms with Crippen molar-refractivity contribution >= 4 is 5.91 Å². The number of benzene rings is 1. The van der Waals surface area contributed by atoms with Crippen molar-refractivity contribution in [1.82, 2.24) is 5.32 Å². The van der Waals surface area contributed by atoms with E-state index in [0.717, 1.165) is 0 Å². The van der Waals surface area contributed by atoms with Crippen molar-refractivity contribution in [3.05, 3.63) is 35.9 Å². The summed E-state index contributed by atoms with van der Waals surface area (Å²) in [7, 11) is 0. The summed E-state index contributed by atoms with van der Waals surface area (Å²) in [4.78, 5) is 11.1. The fourth-order valence-corrected chi connectivity index (χ4v) is 0.852. The van der Waals surface area contributed by atoms with E-state index in [1.165, 1.54) is 12.8 Å². The molecular formula is C18H37NO. The molecule has 0 aliphatic heterocycles. The van der Waals surface area contributed by atoms with Crippen LogP contribution in [0.3, 0.4) is 0 Å². The first kappa shape index (κ1) is 27.1. The van der Waals surface area contributed by atoms with Crippen molar-refractivity contribution in [3.8, 4) is 0 Å². The lowest BCUT2D eigenvalue weighted by Crippen LogP contribution is -2.22. The smallest absolute Gasteiger partial charge is 0.251 e. The molecule has 1 aromatic carbocycles. The van der Waals surface area contributed by atoms with Gasteiger partial charge in [0.05, 0.1) is 0 Å². The molecule has 2 heteroatoms. The maximum atomic E-state index is 11.1. The molecule has 0 fully saturated rings. The lowest BCUT2D eigenvalue weighted by atomic mass is 10.2. The fraction of sp³-hybridized carbons (Fsp3) is 0.611. The van der Waals surface area contributed by atoms with E-state index in [9.17, 15) is 4.79 Å². The van der Waals surface area contributed by atoms with Crippen molar-refractivity contribution < 1.29 is 4.79 Å². The number of carbonyl (C=O) groups is 1. The van der Waals surface area contributed by atoms with E-state index in [1.54, 1.807) is 12.1 Å². The zero-order valence-corrected chi connectivity index (χ0v) is 13.9. The molecule has 0 saturated heterocycles. The molecule has 1 rings (SSSR count). The predicted molar refractivity (Wildman–Crippen MR) is 94.5 cm³/mol. The summed E-state index contributed by atoms with van der Waals surface area (Å²) in [6, 6.07) is 9.19. The van der Waals surface area contributed by atoms with Crippen LogP contribution in [0.4, 0.5) is 0 Å². The molecular weight excluding hydrogens is 246 g/mol. The predicted octanol–water partition coefficient (Wildman–Crippen LogP) is 5.93. The molecule has 20 heavy (non-hydrogen) atoms. The Hall–Kier alpha value is -1.31. The molecule has 1 N–H and O–H groups in total. The molecule has 0 bridgehead atoms. The van der Waals surface area contributed by atoms with Gasteiger partial charge >= 0.3 is 0 Å². The molecule has 2 nitrogen and oxygen atoms in total. The third kappa shape index (κ3) is 21.9. The maximum Gasteiger partial charge on any atom is 0.251 e. The van der Waals surface area contributed by atoms with Gasteiger partial charge in [-0.25, -0.2) is 0 Å². The molecule has 0 spiro atoms. The van der Waals surface area contributed by atoms with Crippen LogP contribution < -0.4 is 5.32 Å². The fourth-order valence-electron chi connectivity index (χ4n) is 0.852. The van der Waals surface area contributed by atoms with Crippen molar-refractivity contribution in [3.63, 3.8) is 0 Å². The highest BCUT2D eigenvalue weighted by Gasteiger charge is 1.99. The second-order valence-electron chi connectivity index (χ2n) is 3.64. The van der Waals surface area contributed by atoms with E-state index in [1.807, 2.05) is 39.0 Å². The molecule has 0 radical (unpaired) electrons. The van der Waals surface area contributed by atoms with E-state index in [4.69, 9.17) is 0 Å². The Morgan fingerprint density at radius 2 is 1.25 bits per heavy atom. The third-order valence-electron chi connectivity index (χ3n) is 1.37. The summed E-state index contributed by atoms with van der Waals surface area (Å²) >= 11 is 0. The van der Waals surface area contributed by atoms with Gasteiger partial charge < -0.3 is 5.32 Å². The number of carbonyl (C=O) groups excluding carboxylic acids is 1. The van der Waals surface area contributed by atoms with Gasteiger partial charge in [0.15, 0.2) is 0 Å². The highest BCUT2D eigenvalue weighted by atomic mass is 16.1. The minimum atomic E-state index is -0.00639. The van der Waals surface area contributed by atoms with Crippen molar-refractivity contribution in [2.75, 3.05) is 6.54 Å². The first-order chi connectivity index (χ1) is 9.17. The van der Waals surface area contributed by atoms with Crippen LogP contribution in [0.25, 0.3) is 0 Å². The Bertz CT molecular complexity index is 255. The van der Waals surface area contributed by atoms with Crippen molar-refractivity contribution in [2.24, 2.45) is 0 Å². The minimum Gasteiger partial charge on any atom is -0.352 e. The van der Waals surface area contributed by atoms with Crippen molar-refractivity contribution in [2.45, 2.75) is 68.7 Å². The molecule has 120 valence electrons. The average molecular weight is 284 g/mol. The summed E-state index contributed by atoms with van der Waals surface area (Å²) in [5.74, 6) is -0.00639. The Balaban J connectivity index is -0.000000121. The van der Waals surface area contributed by atoms with Gasteiger partial charge in [0, 0.05) is 12.1 Å².